The molecule has 2 aliphatic carbocycles. The number of carbonyl (C=O) groups is 2. The van der Waals surface area contributed by atoms with Gasteiger partial charge in [-0.1, -0.05) is 70.5 Å². The third kappa shape index (κ3) is 3.40. The molecule has 0 radical (unpaired) electrons. The zero-order valence-electron chi connectivity index (χ0n) is 17.7. The Morgan fingerprint density at radius 1 is 0.939 bits per heavy atom. The largest absolute Gasteiger partial charge is 0.488 e. The lowest BCUT2D eigenvalue weighted by atomic mass is 9.85. The lowest BCUT2D eigenvalue weighted by molar-refractivity contribution is -0.140. The molecule has 6 heteroatoms. The minimum atomic E-state index is -0.259. The van der Waals surface area contributed by atoms with Gasteiger partial charge in [-0.2, -0.15) is 10.1 Å². The van der Waals surface area contributed by atoms with Crippen molar-refractivity contribution in [2.24, 2.45) is 28.8 Å². The smallest absolute Gasteiger partial charge is 0.254 e. The minimum absolute atomic E-state index is 0.166. The summed E-state index contributed by atoms with van der Waals surface area (Å²) in [5.41, 5.74) is 1.79. The molecule has 0 aromatic heterocycles. The number of halogens is 1. The number of hydrazone groups is 1. The third-order valence-corrected chi connectivity index (χ3v) is 7.52. The van der Waals surface area contributed by atoms with Gasteiger partial charge in [0.1, 0.15) is 12.4 Å². The van der Waals surface area contributed by atoms with E-state index in [-0.39, 0.29) is 35.5 Å². The Kier molecular flexibility index (Phi) is 4.91. The van der Waals surface area contributed by atoms with E-state index in [1.54, 1.807) is 6.21 Å². The maximum absolute atomic E-state index is 13.0. The van der Waals surface area contributed by atoms with Crippen LogP contribution in [0.15, 0.2) is 82.4 Å². The zero-order valence-corrected chi connectivity index (χ0v) is 19.3. The van der Waals surface area contributed by atoms with Crippen LogP contribution in [-0.2, 0) is 16.2 Å². The molecule has 0 unspecified atom stereocenters. The molecule has 2 bridgehead atoms. The molecule has 1 saturated heterocycles. The first-order chi connectivity index (χ1) is 16.1. The monoisotopic (exact) mass is 500 g/mol. The van der Waals surface area contributed by atoms with Gasteiger partial charge in [0.2, 0.25) is 0 Å². The molecule has 3 aromatic rings. The number of fused-ring (bicyclic) bond motifs is 6. The number of nitrogens with zero attached hydrogens (tertiary/aromatic N) is 2. The van der Waals surface area contributed by atoms with Gasteiger partial charge in [-0.3, -0.25) is 9.59 Å². The van der Waals surface area contributed by atoms with Crippen LogP contribution in [-0.4, -0.2) is 23.0 Å². The summed E-state index contributed by atoms with van der Waals surface area (Å²) in [7, 11) is 0. The van der Waals surface area contributed by atoms with Crippen molar-refractivity contribution in [2.45, 2.75) is 13.0 Å². The summed E-state index contributed by atoms with van der Waals surface area (Å²) in [6.07, 6.45) is 6.68. The number of carbonyl (C=O) groups excluding carboxylic acids is 2. The Bertz CT molecular complexity index is 1300. The molecule has 5 nitrogen and oxygen atoms in total. The molecular weight excluding hydrogens is 480 g/mol. The third-order valence-electron chi connectivity index (χ3n) is 6.99. The number of rotatable bonds is 5. The van der Waals surface area contributed by atoms with Crippen molar-refractivity contribution < 1.29 is 14.3 Å². The van der Waals surface area contributed by atoms with Gasteiger partial charge in [-0.25, -0.2) is 0 Å². The lowest BCUT2D eigenvalue weighted by Crippen LogP contribution is -2.28. The van der Waals surface area contributed by atoms with E-state index in [1.807, 2.05) is 60.7 Å². The van der Waals surface area contributed by atoms with Crippen LogP contribution in [0.1, 0.15) is 17.5 Å². The lowest BCUT2D eigenvalue weighted by Gasteiger charge is -2.14. The highest BCUT2D eigenvalue weighted by Crippen LogP contribution is 2.52. The number of amides is 2. The van der Waals surface area contributed by atoms with E-state index in [4.69, 9.17) is 4.74 Å². The number of ether oxygens (including phenoxy) is 1. The first-order valence-electron chi connectivity index (χ1n) is 11.1. The molecule has 2 amide bonds. The van der Waals surface area contributed by atoms with Crippen LogP contribution in [0.5, 0.6) is 5.75 Å². The predicted molar refractivity (Wildman–Crippen MR) is 130 cm³/mol. The molecule has 4 atom stereocenters. The maximum atomic E-state index is 13.0. The van der Waals surface area contributed by atoms with Crippen LogP contribution in [0.4, 0.5) is 0 Å². The molecule has 164 valence electrons. The van der Waals surface area contributed by atoms with Crippen molar-refractivity contribution in [1.82, 2.24) is 5.01 Å². The summed E-state index contributed by atoms with van der Waals surface area (Å²) in [6.45, 7) is 0.396. The molecule has 1 aliphatic heterocycles. The normalized spacial score (nSPS) is 25.5. The van der Waals surface area contributed by atoms with Gasteiger partial charge in [0.05, 0.1) is 18.1 Å². The SMILES string of the molecule is O=C1[C@@H]2[C@H](C(=O)N1N=Cc1c(OCc3ccc(Br)cc3)ccc3ccccc13)[C@H]1C=C[C@H]2C1. The van der Waals surface area contributed by atoms with Gasteiger partial charge in [-0.15, -0.1) is 0 Å². The number of hydrogen-bond donors (Lipinski definition) is 0. The number of benzene rings is 3. The summed E-state index contributed by atoms with van der Waals surface area (Å²) < 4.78 is 7.17. The highest BCUT2D eigenvalue weighted by Gasteiger charge is 2.59. The van der Waals surface area contributed by atoms with Crippen LogP contribution >= 0.6 is 15.9 Å². The predicted octanol–water partition coefficient (Wildman–Crippen LogP) is 5.32. The van der Waals surface area contributed by atoms with Crippen molar-refractivity contribution in [3.8, 4) is 5.75 Å². The fourth-order valence-electron chi connectivity index (χ4n) is 5.39. The zero-order chi connectivity index (χ0) is 22.5. The Labute approximate surface area is 199 Å². The van der Waals surface area contributed by atoms with Crippen molar-refractivity contribution in [1.29, 1.82) is 0 Å². The van der Waals surface area contributed by atoms with Crippen LogP contribution < -0.4 is 4.74 Å². The van der Waals surface area contributed by atoms with E-state index in [0.717, 1.165) is 37.8 Å². The van der Waals surface area contributed by atoms with E-state index in [9.17, 15) is 9.59 Å². The fraction of sp³-hybridized carbons (Fsp3) is 0.222. The molecule has 0 spiro atoms. The highest BCUT2D eigenvalue weighted by atomic mass is 79.9. The molecule has 33 heavy (non-hydrogen) atoms. The quantitative estimate of drug-likeness (QED) is 0.270. The minimum Gasteiger partial charge on any atom is -0.488 e. The Hall–Kier alpha value is -3.25. The summed E-state index contributed by atoms with van der Waals surface area (Å²) >= 11 is 3.45. The molecule has 1 saturated carbocycles. The second-order valence-electron chi connectivity index (χ2n) is 8.85. The van der Waals surface area contributed by atoms with E-state index in [0.29, 0.717) is 12.4 Å². The van der Waals surface area contributed by atoms with Crippen LogP contribution in [0.3, 0.4) is 0 Å². The molecule has 6 rings (SSSR count). The number of hydrogen-bond acceptors (Lipinski definition) is 4. The maximum Gasteiger partial charge on any atom is 0.254 e. The van der Waals surface area contributed by atoms with E-state index in [2.05, 4.69) is 33.2 Å². The molecule has 3 aliphatic rings. The second-order valence-corrected chi connectivity index (χ2v) is 9.76. The van der Waals surface area contributed by atoms with E-state index in [1.165, 1.54) is 0 Å². The average molecular weight is 501 g/mol. The standard InChI is InChI=1S/C27H21BrN2O3/c28-20-10-5-16(6-11-20)15-33-23-12-9-17-3-1-2-4-21(17)22(23)14-29-30-26(31)24-18-7-8-19(13-18)25(24)27(30)32/h1-12,14,18-19,24-25H,13,15H2/t18-,19-,24-,25+/m0/s1. The van der Waals surface area contributed by atoms with Crippen molar-refractivity contribution in [3.63, 3.8) is 0 Å². The van der Waals surface area contributed by atoms with Crippen LogP contribution in [0, 0.1) is 23.7 Å². The Balaban J connectivity index is 1.32. The highest BCUT2D eigenvalue weighted by molar-refractivity contribution is 9.10. The van der Waals surface area contributed by atoms with Crippen molar-refractivity contribution in [3.05, 3.63) is 88.4 Å². The van der Waals surface area contributed by atoms with Gasteiger partial charge in [-0.05, 0) is 52.8 Å². The molecular formula is C27H21BrN2O3. The summed E-state index contributed by atoms with van der Waals surface area (Å²) in [6, 6.07) is 19.8. The molecule has 3 aromatic carbocycles. The number of allylic oxidation sites excluding steroid dienone is 2. The molecule has 0 N–H and O–H groups in total. The summed E-state index contributed by atoms with van der Waals surface area (Å²) in [5.74, 6) is 0.0985. The van der Waals surface area contributed by atoms with Gasteiger partial charge in [0.15, 0.2) is 0 Å². The van der Waals surface area contributed by atoms with Gasteiger partial charge in [0, 0.05) is 10.0 Å². The summed E-state index contributed by atoms with van der Waals surface area (Å²) in [4.78, 5) is 26.0. The van der Waals surface area contributed by atoms with Crippen LogP contribution in [0.25, 0.3) is 10.8 Å². The van der Waals surface area contributed by atoms with Gasteiger partial charge in [0.25, 0.3) is 11.8 Å². The first kappa shape index (κ1) is 20.4. The Morgan fingerprint density at radius 2 is 1.64 bits per heavy atom. The average Bonchev–Trinajstić information content (AvgIpc) is 3.52. The van der Waals surface area contributed by atoms with Crippen molar-refractivity contribution in [2.75, 3.05) is 0 Å². The van der Waals surface area contributed by atoms with Crippen molar-refractivity contribution >= 4 is 44.7 Å². The summed E-state index contributed by atoms with van der Waals surface area (Å²) in [5, 5.41) is 7.48. The number of imide groups is 1. The van der Waals surface area contributed by atoms with Crippen LogP contribution in [0.2, 0.25) is 0 Å². The fourth-order valence-corrected chi connectivity index (χ4v) is 5.66. The van der Waals surface area contributed by atoms with E-state index < -0.39 is 0 Å². The second kappa shape index (κ2) is 7.96. The molecule has 1 heterocycles. The van der Waals surface area contributed by atoms with Gasteiger partial charge >= 0.3 is 0 Å². The molecule has 2 fully saturated rings. The van der Waals surface area contributed by atoms with Gasteiger partial charge < -0.3 is 4.74 Å². The van der Waals surface area contributed by atoms with E-state index >= 15 is 0 Å². The Morgan fingerprint density at radius 3 is 2.36 bits per heavy atom. The topological polar surface area (TPSA) is 59.0 Å². The first-order valence-corrected chi connectivity index (χ1v) is 11.9.